The second-order valence-corrected chi connectivity index (χ2v) is 8.59. The number of ether oxygens (including phenoxy) is 2. The summed E-state index contributed by atoms with van der Waals surface area (Å²) in [7, 11) is 0. The standard InChI is InChI=1S/C23H25ClN2O3S/c1-15(27)21-12-18(24)6-7-22(21)29-14-20-13-26(8-9-28-20)23(30)25-19-10-16-4-2-3-5-17(16)11-19/h2-7,12,19-20H,8-11,13-14H2,1H3,(H,25,30). The summed E-state index contributed by atoms with van der Waals surface area (Å²) in [6.07, 6.45) is 1.87. The Morgan fingerprint density at radius 1 is 1.27 bits per heavy atom. The second-order valence-electron chi connectivity index (χ2n) is 7.77. The van der Waals surface area contributed by atoms with Crippen LogP contribution in [0.2, 0.25) is 5.02 Å². The minimum atomic E-state index is -0.130. The lowest BCUT2D eigenvalue weighted by Gasteiger charge is -2.35. The van der Waals surface area contributed by atoms with Gasteiger partial charge in [-0.3, -0.25) is 4.79 Å². The van der Waals surface area contributed by atoms with Crippen molar-refractivity contribution in [2.24, 2.45) is 0 Å². The van der Waals surface area contributed by atoms with Gasteiger partial charge in [-0.15, -0.1) is 0 Å². The van der Waals surface area contributed by atoms with Crippen molar-refractivity contribution in [2.45, 2.75) is 31.9 Å². The molecule has 0 radical (unpaired) electrons. The van der Waals surface area contributed by atoms with E-state index < -0.39 is 0 Å². The number of fused-ring (bicyclic) bond motifs is 1. The molecule has 1 aliphatic heterocycles. The summed E-state index contributed by atoms with van der Waals surface area (Å²) in [4.78, 5) is 14.0. The largest absolute Gasteiger partial charge is 0.490 e. The van der Waals surface area contributed by atoms with Crippen LogP contribution in [0.3, 0.4) is 0 Å². The number of nitrogens with zero attached hydrogens (tertiary/aromatic N) is 1. The predicted molar refractivity (Wildman–Crippen MR) is 122 cm³/mol. The number of thiocarbonyl (C=S) groups is 1. The number of halogens is 1. The van der Waals surface area contributed by atoms with E-state index in [-0.39, 0.29) is 11.9 Å². The quantitative estimate of drug-likeness (QED) is 0.561. The van der Waals surface area contributed by atoms with Gasteiger partial charge in [0.1, 0.15) is 18.5 Å². The minimum absolute atomic E-state index is 0.0818. The molecule has 0 spiro atoms. The molecule has 1 saturated heterocycles. The van der Waals surface area contributed by atoms with Crippen LogP contribution >= 0.6 is 23.8 Å². The molecule has 1 aliphatic carbocycles. The monoisotopic (exact) mass is 444 g/mol. The molecule has 2 aromatic rings. The van der Waals surface area contributed by atoms with Gasteiger partial charge in [-0.1, -0.05) is 35.9 Å². The summed E-state index contributed by atoms with van der Waals surface area (Å²) in [5.74, 6) is 0.443. The first kappa shape index (κ1) is 21.1. The second kappa shape index (κ2) is 9.33. The van der Waals surface area contributed by atoms with Gasteiger partial charge in [0.05, 0.1) is 12.2 Å². The molecule has 2 aliphatic rings. The molecule has 1 fully saturated rings. The zero-order valence-electron chi connectivity index (χ0n) is 16.9. The third kappa shape index (κ3) is 4.94. The predicted octanol–water partition coefficient (Wildman–Crippen LogP) is 3.66. The van der Waals surface area contributed by atoms with Crippen molar-refractivity contribution in [1.82, 2.24) is 10.2 Å². The van der Waals surface area contributed by atoms with Crippen LogP contribution in [-0.2, 0) is 17.6 Å². The molecule has 2 aromatic carbocycles. The van der Waals surface area contributed by atoms with Gasteiger partial charge in [-0.05, 0) is 61.3 Å². The van der Waals surface area contributed by atoms with E-state index in [2.05, 4.69) is 34.5 Å². The van der Waals surface area contributed by atoms with Crippen molar-refractivity contribution < 1.29 is 14.3 Å². The van der Waals surface area contributed by atoms with Crippen LogP contribution in [0.15, 0.2) is 42.5 Å². The van der Waals surface area contributed by atoms with Crippen LogP contribution in [-0.4, -0.2) is 54.2 Å². The van der Waals surface area contributed by atoms with Crippen LogP contribution in [0.25, 0.3) is 0 Å². The van der Waals surface area contributed by atoms with Crippen molar-refractivity contribution in [1.29, 1.82) is 0 Å². The van der Waals surface area contributed by atoms with Gasteiger partial charge in [-0.25, -0.2) is 0 Å². The molecule has 1 atom stereocenters. The Bertz CT molecular complexity index is 927. The average Bonchev–Trinajstić information content (AvgIpc) is 3.15. The van der Waals surface area contributed by atoms with Crippen LogP contribution in [0, 0.1) is 0 Å². The highest BCUT2D eigenvalue weighted by Gasteiger charge is 2.27. The molecule has 4 rings (SSSR count). The van der Waals surface area contributed by atoms with Gasteiger partial charge in [0.15, 0.2) is 10.9 Å². The Balaban J connectivity index is 1.31. The molecule has 0 saturated carbocycles. The van der Waals surface area contributed by atoms with Crippen molar-refractivity contribution in [3.05, 3.63) is 64.2 Å². The number of hydrogen-bond acceptors (Lipinski definition) is 4. The summed E-state index contributed by atoms with van der Waals surface area (Å²) < 4.78 is 11.8. The lowest BCUT2D eigenvalue weighted by Crippen LogP contribution is -2.53. The zero-order valence-corrected chi connectivity index (χ0v) is 18.5. The van der Waals surface area contributed by atoms with Crippen LogP contribution in [0.1, 0.15) is 28.4 Å². The Hall–Kier alpha value is -2.15. The molecular weight excluding hydrogens is 420 g/mol. The first-order chi connectivity index (χ1) is 14.5. The fraction of sp³-hybridized carbons (Fsp3) is 0.391. The maximum Gasteiger partial charge on any atom is 0.169 e. The summed E-state index contributed by atoms with van der Waals surface area (Å²) in [6.45, 7) is 3.83. The van der Waals surface area contributed by atoms with Crippen molar-refractivity contribution in [2.75, 3.05) is 26.3 Å². The van der Waals surface area contributed by atoms with Crippen molar-refractivity contribution in [3.63, 3.8) is 0 Å². The first-order valence-corrected chi connectivity index (χ1v) is 11.0. The number of morpholine rings is 1. The van der Waals surface area contributed by atoms with E-state index in [0.29, 0.717) is 42.1 Å². The molecule has 7 heteroatoms. The summed E-state index contributed by atoms with van der Waals surface area (Å²) in [5, 5.41) is 4.80. The summed E-state index contributed by atoms with van der Waals surface area (Å²) in [6, 6.07) is 14.0. The summed E-state index contributed by atoms with van der Waals surface area (Å²) in [5.41, 5.74) is 3.28. The molecule has 1 unspecified atom stereocenters. The lowest BCUT2D eigenvalue weighted by atomic mass is 10.1. The molecule has 1 heterocycles. The van der Waals surface area contributed by atoms with E-state index in [9.17, 15) is 4.79 Å². The highest BCUT2D eigenvalue weighted by atomic mass is 35.5. The Kier molecular flexibility index (Phi) is 6.56. The van der Waals surface area contributed by atoms with E-state index in [4.69, 9.17) is 33.3 Å². The van der Waals surface area contributed by atoms with Gasteiger partial charge in [-0.2, -0.15) is 0 Å². The normalized spacial score (nSPS) is 18.7. The third-order valence-electron chi connectivity index (χ3n) is 5.55. The van der Waals surface area contributed by atoms with Gasteiger partial charge in [0.2, 0.25) is 0 Å². The molecule has 5 nitrogen and oxygen atoms in total. The van der Waals surface area contributed by atoms with Gasteiger partial charge in [0, 0.05) is 24.2 Å². The fourth-order valence-electron chi connectivity index (χ4n) is 4.02. The maximum atomic E-state index is 11.9. The van der Waals surface area contributed by atoms with Gasteiger partial charge in [0.25, 0.3) is 0 Å². The Morgan fingerprint density at radius 2 is 2.00 bits per heavy atom. The maximum absolute atomic E-state index is 11.9. The number of hydrogen-bond donors (Lipinski definition) is 1. The number of carbonyl (C=O) groups excluding carboxylic acids is 1. The van der Waals surface area contributed by atoms with E-state index in [0.717, 1.165) is 24.5 Å². The molecular formula is C23H25ClN2O3S. The number of rotatable bonds is 5. The first-order valence-electron chi connectivity index (χ1n) is 10.2. The molecule has 1 N–H and O–H groups in total. The molecule has 0 amide bonds. The van der Waals surface area contributed by atoms with E-state index >= 15 is 0 Å². The number of Topliss-reactive ketones (excluding diaryl/α,β-unsaturated/α-hetero) is 1. The Morgan fingerprint density at radius 3 is 2.70 bits per heavy atom. The Labute approximate surface area is 187 Å². The van der Waals surface area contributed by atoms with Crippen LogP contribution in [0.5, 0.6) is 5.75 Å². The van der Waals surface area contributed by atoms with Crippen molar-refractivity contribution >= 4 is 34.7 Å². The number of ketones is 1. The number of nitrogens with one attached hydrogen (secondary N) is 1. The topological polar surface area (TPSA) is 50.8 Å². The van der Waals surface area contributed by atoms with Crippen LogP contribution in [0.4, 0.5) is 0 Å². The van der Waals surface area contributed by atoms with Gasteiger partial charge >= 0.3 is 0 Å². The van der Waals surface area contributed by atoms with E-state index in [1.54, 1.807) is 18.2 Å². The van der Waals surface area contributed by atoms with Gasteiger partial charge < -0.3 is 19.7 Å². The SMILES string of the molecule is CC(=O)c1cc(Cl)ccc1OCC1CN(C(=S)NC2Cc3ccccc3C2)CCO1. The fourth-order valence-corrected chi connectivity index (χ4v) is 4.52. The smallest absolute Gasteiger partial charge is 0.169 e. The van der Waals surface area contributed by atoms with E-state index in [1.165, 1.54) is 18.1 Å². The average molecular weight is 445 g/mol. The molecule has 0 bridgehead atoms. The van der Waals surface area contributed by atoms with E-state index in [1.807, 2.05) is 0 Å². The molecule has 30 heavy (non-hydrogen) atoms. The third-order valence-corrected chi connectivity index (χ3v) is 6.16. The zero-order chi connectivity index (χ0) is 21.1. The van der Waals surface area contributed by atoms with Crippen LogP contribution < -0.4 is 10.1 Å². The molecule has 158 valence electrons. The number of benzene rings is 2. The lowest BCUT2D eigenvalue weighted by molar-refractivity contribution is -0.0290. The number of carbonyl (C=O) groups is 1. The highest BCUT2D eigenvalue weighted by Crippen LogP contribution is 2.24. The summed E-state index contributed by atoms with van der Waals surface area (Å²) >= 11 is 11.7. The minimum Gasteiger partial charge on any atom is -0.490 e. The highest BCUT2D eigenvalue weighted by molar-refractivity contribution is 7.80. The van der Waals surface area contributed by atoms with Crippen molar-refractivity contribution in [3.8, 4) is 5.75 Å². The molecule has 0 aromatic heterocycles.